The summed E-state index contributed by atoms with van der Waals surface area (Å²) in [4.78, 5) is 12.1. The first kappa shape index (κ1) is 12.3. The number of rotatable bonds is 3. The smallest absolute Gasteiger partial charge is 0.163 e. The van der Waals surface area contributed by atoms with Crippen LogP contribution in [0.1, 0.15) is 49.9 Å². The van der Waals surface area contributed by atoms with Crippen molar-refractivity contribution in [3.8, 4) is 0 Å². The number of benzene rings is 1. The van der Waals surface area contributed by atoms with E-state index in [0.717, 1.165) is 23.8 Å². The maximum Gasteiger partial charge on any atom is 0.163 e. The van der Waals surface area contributed by atoms with Crippen LogP contribution < -0.4 is 0 Å². The Hall–Kier alpha value is -1.11. The van der Waals surface area contributed by atoms with Gasteiger partial charge in [-0.1, -0.05) is 50.6 Å². The van der Waals surface area contributed by atoms with Crippen LogP contribution in [0, 0.1) is 17.8 Å². The molecule has 3 atom stereocenters. The Bertz CT molecular complexity index is 368. The molecular formula is C16H22O. The summed E-state index contributed by atoms with van der Waals surface area (Å²) < 4.78 is 0. The fourth-order valence-corrected chi connectivity index (χ4v) is 2.85. The van der Waals surface area contributed by atoms with E-state index in [2.05, 4.69) is 13.8 Å². The SMILES string of the molecule is CC1CCC(CC(=O)c2ccccc2)CC1C. The Morgan fingerprint density at radius 3 is 2.47 bits per heavy atom. The molecule has 0 radical (unpaired) electrons. The second kappa shape index (κ2) is 5.48. The molecule has 0 aliphatic heterocycles. The molecule has 1 aliphatic carbocycles. The van der Waals surface area contributed by atoms with Gasteiger partial charge < -0.3 is 0 Å². The molecule has 1 aromatic rings. The third-order valence-corrected chi connectivity index (χ3v) is 4.28. The maximum absolute atomic E-state index is 12.1. The molecule has 0 N–H and O–H groups in total. The van der Waals surface area contributed by atoms with Crippen molar-refractivity contribution >= 4 is 5.78 Å². The molecule has 1 saturated carbocycles. The van der Waals surface area contributed by atoms with Crippen molar-refractivity contribution in [2.75, 3.05) is 0 Å². The minimum Gasteiger partial charge on any atom is -0.294 e. The van der Waals surface area contributed by atoms with Gasteiger partial charge in [-0.15, -0.1) is 0 Å². The second-order valence-corrected chi connectivity index (χ2v) is 5.63. The summed E-state index contributed by atoms with van der Waals surface area (Å²) in [5, 5.41) is 0. The van der Waals surface area contributed by atoms with E-state index >= 15 is 0 Å². The Morgan fingerprint density at radius 1 is 1.12 bits per heavy atom. The van der Waals surface area contributed by atoms with Gasteiger partial charge in [-0.05, 0) is 30.6 Å². The second-order valence-electron chi connectivity index (χ2n) is 5.63. The summed E-state index contributed by atoms with van der Waals surface area (Å²) in [6.07, 6.45) is 4.47. The summed E-state index contributed by atoms with van der Waals surface area (Å²) in [6, 6.07) is 9.70. The summed E-state index contributed by atoms with van der Waals surface area (Å²) >= 11 is 0. The molecule has 0 saturated heterocycles. The number of carbonyl (C=O) groups is 1. The maximum atomic E-state index is 12.1. The van der Waals surface area contributed by atoms with E-state index in [1.807, 2.05) is 30.3 Å². The van der Waals surface area contributed by atoms with Crippen LogP contribution in [0.3, 0.4) is 0 Å². The molecule has 0 bridgehead atoms. The minimum atomic E-state index is 0.317. The number of carbonyl (C=O) groups excluding carboxylic acids is 1. The van der Waals surface area contributed by atoms with E-state index in [-0.39, 0.29) is 0 Å². The predicted octanol–water partition coefficient (Wildman–Crippen LogP) is 4.33. The number of Topliss-reactive ketones (excluding diaryl/α,β-unsaturated/α-hetero) is 1. The fourth-order valence-electron chi connectivity index (χ4n) is 2.85. The van der Waals surface area contributed by atoms with Crippen LogP contribution in [-0.2, 0) is 0 Å². The number of hydrogen-bond donors (Lipinski definition) is 0. The highest BCUT2D eigenvalue weighted by atomic mass is 16.1. The molecular weight excluding hydrogens is 208 g/mol. The van der Waals surface area contributed by atoms with Crippen molar-refractivity contribution in [2.24, 2.45) is 17.8 Å². The molecule has 92 valence electrons. The topological polar surface area (TPSA) is 17.1 Å². The first-order chi connectivity index (χ1) is 8.16. The van der Waals surface area contributed by atoms with Gasteiger partial charge in [0.25, 0.3) is 0 Å². The zero-order valence-electron chi connectivity index (χ0n) is 10.9. The Labute approximate surface area is 104 Å². The Morgan fingerprint density at radius 2 is 1.82 bits per heavy atom. The number of ketones is 1. The minimum absolute atomic E-state index is 0.317. The zero-order chi connectivity index (χ0) is 12.3. The van der Waals surface area contributed by atoms with Crippen molar-refractivity contribution in [2.45, 2.75) is 39.5 Å². The molecule has 1 aliphatic rings. The summed E-state index contributed by atoms with van der Waals surface area (Å²) in [5.41, 5.74) is 0.874. The van der Waals surface area contributed by atoms with E-state index in [1.54, 1.807) is 0 Å². The van der Waals surface area contributed by atoms with Crippen LogP contribution >= 0.6 is 0 Å². The van der Waals surface area contributed by atoms with Gasteiger partial charge in [0.1, 0.15) is 0 Å². The number of hydrogen-bond acceptors (Lipinski definition) is 1. The van der Waals surface area contributed by atoms with Gasteiger partial charge in [0.2, 0.25) is 0 Å². The predicted molar refractivity (Wildman–Crippen MR) is 71.1 cm³/mol. The van der Waals surface area contributed by atoms with Gasteiger partial charge in [0, 0.05) is 12.0 Å². The lowest BCUT2D eigenvalue weighted by atomic mass is 9.74. The van der Waals surface area contributed by atoms with E-state index in [9.17, 15) is 4.79 Å². The Kier molecular flexibility index (Phi) is 3.98. The first-order valence-corrected chi connectivity index (χ1v) is 6.75. The quantitative estimate of drug-likeness (QED) is 0.706. The van der Waals surface area contributed by atoms with E-state index in [1.165, 1.54) is 19.3 Å². The van der Waals surface area contributed by atoms with Gasteiger partial charge >= 0.3 is 0 Å². The molecule has 1 nitrogen and oxygen atoms in total. The highest BCUT2D eigenvalue weighted by Gasteiger charge is 2.26. The van der Waals surface area contributed by atoms with Crippen molar-refractivity contribution in [3.05, 3.63) is 35.9 Å². The van der Waals surface area contributed by atoms with Crippen LogP contribution in [0.2, 0.25) is 0 Å². The van der Waals surface area contributed by atoms with E-state index in [4.69, 9.17) is 0 Å². The molecule has 17 heavy (non-hydrogen) atoms. The lowest BCUT2D eigenvalue weighted by Crippen LogP contribution is -2.22. The molecule has 3 unspecified atom stereocenters. The third kappa shape index (κ3) is 3.18. The van der Waals surface area contributed by atoms with Crippen LogP contribution in [0.4, 0.5) is 0 Å². The summed E-state index contributed by atoms with van der Waals surface area (Å²) in [7, 11) is 0. The summed E-state index contributed by atoms with van der Waals surface area (Å²) in [5.74, 6) is 2.53. The van der Waals surface area contributed by atoms with E-state index in [0.29, 0.717) is 11.7 Å². The van der Waals surface area contributed by atoms with Crippen molar-refractivity contribution < 1.29 is 4.79 Å². The Balaban J connectivity index is 1.92. The molecule has 0 amide bonds. The third-order valence-electron chi connectivity index (χ3n) is 4.28. The van der Waals surface area contributed by atoms with Crippen molar-refractivity contribution in [3.63, 3.8) is 0 Å². The molecule has 1 heteroatoms. The molecule has 2 rings (SSSR count). The van der Waals surface area contributed by atoms with Crippen molar-refractivity contribution in [1.82, 2.24) is 0 Å². The zero-order valence-corrected chi connectivity index (χ0v) is 10.9. The molecule has 0 aromatic heterocycles. The van der Waals surface area contributed by atoms with Gasteiger partial charge in [0.15, 0.2) is 5.78 Å². The van der Waals surface area contributed by atoms with Crippen molar-refractivity contribution in [1.29, 1.82) is 0 Å². The average molecular weight is 230 g/mol. The summed E-state index contributed by atoms with van der Waals surface area (Å²) in [6.45, 7) is 4.66. The van der Waals surface area contributed by atoms with Crippen LogP contribution in [0.25, 0.3) is 0 Å². The normalized spacial score (nSPS) is 28.9. The molecule has 0 spiro atoms. The fraction of sp³-hybridized carbons (Fsp3) is 0.562. The molecule has 1 fully saturated rings. The lowest BCUT2D eigenvalue weighted by Gasteiger charge is -2.31. The monoisotopic (exact) mass is 230 g/mol. The molecule has 0 heterocycles. The van der Waals surface area contributed by atoms with Gasteiger partial charge in [-0.25, -0.2) is 0 Å². The van der Waals surface area contributed by atoms with Gasteiger partial charge in [-0.3, -0.25) is 4.79 Å². The van der Waals surface area contributed by atoms with Gasteiger partial charge in [-0.2, -0.15) is 0 Å². The van der Waals surface area contributed by atoms with Crippen LogP contribution in [0.5, 0.6) is 0 Å². The van der Waals surface area contributed by atoms with Crippen LogP contribution in [-0.4, -0.2) is 5.78 Å². The van der Waals surface area contributed by atoms with Crippen LogP contribution in [0.15, 0.2) is 30.3 Å². The first-order valence-electron chi connectivity index (χ1n) is 6.75. The standard InChI is InChI=1S/C16H22O/c1-12-8-9-14(10-13(12)2)11-16(17)15-6-4-3-5-7-15/h3-7,12-14H,8-11H2,1-2H3. The molecule has 1 aromatic carbocycles. The van der Waals surface area contributed by atoms with E-state index < -0.39 is 0 Å². The highest BCUT2D eigenvalue weighted by Crippen LogP contribution is 2.35. The highest BCUT2D eigenvalue weighted by molar-refractivity contribution is 5.96. The van der Waals surface area contributed by atoms with Gasteiger partial charge in [0.05, 0.1) is 0 Å². The largest absolute Gasteiger partial charge is 0.294 e. The lowest BCUT2D eigenvalue weighted by molar-refractivity contribution is 0.0927. The average Bonchev–Trinajstić information content (AvgIpc) is 2.35.